The number of carbonyl (C=O) groups excluding carboxylic acids is 1. The molecule has 1 aromatic heterocycles. The number of benzene rings is 4. The molecule has 0 bridgehead atoms. The lowest BCUT2D eigenvalue weighted by Crippen LogP contribution is -2.30. The molecule has 6 nitrogen and oxygen atoms in total. The van der Waals surface area contributed by atoms with Crippen molar-refractivity contribution in [3.63, 3.8) is 0 Å². The first kappa shape index (κ1) is 25.3. The van der Waals surface area contributed by atoms with Gasteiger partial charge in [-0.1, -0.05) is 60.7 Å². The molecule has 5 rings (SSSR count). The standard InChI is InChI=1S/C32H33N3O3/c1-23-16-17-24(2)30(21-23)38-22-32(36)33-18-8-15-31-34-27-12-5-6-13-28(27)35(31)19-20-37-29-14-7-10-25-9-3-4-11-26(25)29/h3-7,9-14,16-17,21H,8,15,18-20,22H2,1-2H3,(H,33,36). The molecule has 0 unspecified atom stereocenters. The second-order valence-corrected chi connectivity index (χ2v) is 9.51. The van der Waals surface area contributed by atoms with Crippen LogP contribution < -0.4 is 14.8 Å². The molecule has 38 heavy (non-hydrogen) atoms. The van der Waals surface area contributed by atoms with Gasteiger partial charge in [-0.05, 0) is 61.0 Å². The number of para-hydroxylation sites is 2. The van der Waals surface area contributed by atoms with Gasteiger partial charge in [0.15, 0.2) is 6.61 Å². The highest BCUT2D eigenvalue weighted by Gasteiger charge is 2.12. The van der Waals surface area contributed by atoms with Gasteiger partial charge < -0.3 is 19.4 Å². The minimum absolute atomic E-state index is 0.00825. The fourth-order valence-electron chi connectivity index (χ4n) is 4.67. The number of fused-ring (bicyclic) bond motifs is 2. The first-order chi connectivity index (χ1) is 18.6. The molecule has 1 heterocycles. The molecule has 0 radical (unpaired) electrons. The molecule has 1 amide bonds. The summed E-state index contributed by atoms with van der Waals surface area (Å²) in [4.78, 5) is 17.2. The van der Waals surface area contributed by atoms with Crippen LogP contribution in [0.15, 0.2) is 84.9 Å². The molecule has 4 aromatic carbocycles. The number of carbonyl (C=O) groups is 1. The van der Waals surface area contributed by atoms with Gasteiger partial charge in [0.1, 0.15) is 23.9 Å². The van der Waals surface area contributed by atoms with E-state index < -0.39 is 0 Å². The van der Waals surface area contributed by atoms with Crippen LogP contribution in [-0.2, 0) is 17.8 Å². The zero-order valence-corrected chi connectivity index (χ0v) is 21.9. The van der Waals surface area contributed by atoms with Crippen molar-refractivity contribution in [2.45, 2.75) is 33.2 Å². The van der Waals surface area contributed by atoms with Gasteiger partial charge in [0.05, 0.1) is 17.6 Å². The Morgan fingerprint density at radius 2 is 1.71 bits per heavy atom. The maximum atomic E-state index is 12.3. The van der Waals surface area contributed by atoms with E-state index in [0.29, 0.717) is 19.7 Å². The Bertz CT molecular complexity index is 1550. The number of imidazole rings is 1. The van der Waals surface area contributed by atoms with Crippen LogP contribution in [0, 0.1) is 13.8 Å². The number of hydrogen-bond acceptors (Lipinski definition) is 4. The molecule has 0 spiro atoms. The maximum Gasteiger partial charge on any atom is 0.257 e. The van der Waals surface area contributed by atoms with Gasteiger partial charge in [-0.25, -0.2) is 4.98 Å². The smallest absolute Gasteiger partial charge is 0.257 e. The summed E-state index contributed by atoms with van der Waals surface area (Å²) in [5.74, 6) is 2.51. The van der Waals surface area contributed by atoms with E-state index >= 15 is 0 Å². The normalized spacial score (nSPS) is 11.1. The van der Waals surface area contributed by atoms with Crippen molar-refractivity contribution in [2.24, 2.45) is 0 Å². The predicted molar refractivity (Wildman–Crippen MR) is 152 cm³/mol. The van der Waals surface area contributed by atoms with Gasteiger partial charge in [-0.2, -0.15) is 0 Å². The third-order valence-electron chi connectivity index (χ3n) is 6.66. The van der Waals surface area contributed by atoms with Gasteiger partial charge in [0.25, 0.3) is 5.91 Å². The Hall–Kier alpha value is -4.32. The minimum atomic E-state index is -0.122. The minimum Gasteiger partial charge on any atom is -0.491 e. The Morgan fingerprint density at radius 3 is 2.63 bits per heavy atom. The van der Waals surface area contributed by atoms with Crippen LogP contribution in [0.25, 0.3) is 21.8 Å². The quantitative estimate of drug-likeness (QED) is 0.222. The molecular weight excluding hydrogens is 474 g/mol. The molecule has 5 aromatic rings. The maximum absolute atomic E-state index is 12.3. The van der Waals surface area contributed by atoms with Crippen molar-refractivity contribution < 1.29 is 14.3 Å². The first-order valence-corrected chi connectivity index (χ1v) is 13.1. The van der Waals surface area contributed by atoms with E-state index in [9.17, 15) is 4.79 Å². The number of aromatic nitrogens is 2. The molecular formula is C32H33N3O3. The van der Waals surface area contributed by atoms with E-state index in [-0.39, 0.29) is 12.5 Å². The molecule has 0 saturated heterocycles. The topological polar surface area (TPSA) is 65.4 Å². The summed E-state index contributed by atoms with van der Waals surface area (Å²) in [6, 6.07) is 28.5. The van der Waals surface area contributed by atoms with E-state index in [4.69, 9.17) is 14.5 Å². The second kappa shape index (κ2) is 11.8. The summed E-state index contributed by atoms with van der Waals surface area (Å²) in [5, 5.41) is 5.25. The van der Waals surface area contributed by atoms with Gasteiger partial charge in [0.2, 0.25) is 0 Å². The fourth-order valence-corrected chi connectivity index (χ4v) is 4.67. The molecule has 6 heteroatoms. The van der Waals surface area contributed by atoms with Crippen molar-refractivity contribution in [3.05, 3.63) is 102 Å². The van der Waals surface area contributed by atoms with E-state index in [2.05, 4.69) is 34.1 Å². The van der Waals surface area contributed by atoms with Gasteiger partial charge in [0, 0.05) is 18.4 Å². The van der Waals surface area contributed by atoms with Crippen LogP contribution in [0.2, 0.25) is 0 Å². The van der Waals surface area contributed by atoms with Crippen LogP contribution in [0.1, 0.15) is 23.4 Å². The lowest BCUT2D eigenvalue weighted by molar-refractivity contribution is -0.123. The highest BCUT2D eigenvalue weighted by molar-refractivity contribution is 5.88. The number of ether oxygens (including phenoxy) is 2. The van der Waals surface area contributed by atoms with Crippen molar-refractivity contribution in [3.8, 4) is 11.5 Å². The summed E-state index contributed by atoms with van der Waals surface area (Å²) in [5.41, 5.74) is 4.19. The fraction of sp³-hybridized carbons (Fsp3) is 0.250. The number of nitrogens with one attached hydrogen (secondary N) is 1. The third-order valence-corrected chi connectivity index (χ3v) is 6.66. The van der Waals surface area contributed by atoms with Crippen LogP contribution in [0.3, 0.4) is 0 Å². The largest absolute Gasteiger partial charge is 0.491 e. The molecule has 1 N–H and O–H groups in total. The Balaban J connectivity index is 1.16. The summed E-state index contributed by atoms with van der Waals surface area (Å²) in [6.45, 7) is 5.78. The van der Waals surface area contributed by atoms with Crippen LogP contribution in [0.4, 0.5) is 0 Å². The van der Waals surface area contributed by atoms with Crippen LogP contribution >= 0.6 is 0 Å². The Morgan fingerprint density at radius 1 is 0.895 bits per heavy atom. The van der Waals surface area contributed by atoms with Crippen LogP contribution in [-0.4, -0.2) is 35.2 Å². The summed E-state index contributed by atoms with van der Waals surface area (Å²) in [6.07, 6.45) is 1.53. The zero-order valence-electron chi connectivity index (χ0n) is 21.9. The number of rotatable bonds is 11. The first-order valence-electron chi connectivity index (χ1n) is 13.1. The van der Waals surface area contributed by atoms with Crippen molar-refractivity contribution in [1.82, 2.24) is 14.9 Å². The van der Waals surface area contributed by atoms with E-state index in [1.165, 1.54) is 5.39 Å². The number of amides is 1. The van der Waals surface area contributed by atoms with Crippen molar-refractivity contribution >= 4 is 27.7 Å². The summed E-state index contributed by atoms with van der Waals surface area (Å²) in [7, 11) is 0. The van der Waals surface area contributed by atoms with Crippen molar-refractivity contribution in [1.29, 1.82) is 0 Å². The predicted octanol–water partition coefficient (Wildman–Crippen LogP) is 6.01. The number of aryl methyl sites for hydroxylation is 3. The summed E-state index contributed by atoms with van der Waals surface area (Å²) < 4.78 is 14.2. The average molecular weight is 508 g/mol. The zero-order chi connectivity index (χ0) is 26.3. The molecule has 0 aliphatic carbocycles. The monoisotopic (exact) mass is 507 g/mol. The number of hydrogen-bond donors (Lipinski definition) is 1. The lowest BCUT2D eigenvalue weighted by atomic mass is 10.1. The highest BCUT2D eigenvalue weighted by Crippen LogP contribution is 2.25. The molecule has 0 fully saturated rings. The van der Waals surface area contributed by atoms with Crippen molar-refractivity contribution in [2.75, 3.05) is 19.8 Å². The third kappa shape index (κ3) is 5.97. The molecule has 0 saturated carbocycles. The Labute approximate surface area is 223 Å². The molecule has 0 aliphatic heterocycles. The van der Waals surface area contributed by atoms with E-state index in [1.54, 1.807) is 0 Å². The van der Waals surface area contributed by atoms with Gasteiger partial charge in [-0.15, -0.1) is 0 Å². The lowest BCUT2D eigenvalue weighted by Gasteiger charge is -2.13. The average Bonchev–Trinajstić information content (AvgIpc) is 3.29. The van der Waals surface area contributed by atoms with E-state index in [0.717, 1.165) is 57.7 Å². The van der Waals surface area contributed by atoms with Gasteiger partial charge >= 0.3 is 0 Å². The highest BCUT2D eigenvalue weighted by atomic mass is 16.5. The molecule has 194 valence electrons. The van der Waals surface area contributed by atoms with Crippen LogP contribution in [0.5, 0.6) is 11.5 Å². The Kier molecular flexibility index (Phi) is 7.88. The number of nitrogens with zero attached hydrogens (tertiary/aromatic N) is 2. The molecule has 0 atom stereocenters. The molecule has 0 aliphatic rings. The van der Waals surface area contributed by atoms with E-state index in [1.807, 2.05) is 74.5 Å². The second-order valence-electron chi connectivity index (χ2n) is 9.51. The van der Waals surface area contributed by atoms with Gasteiger partial charge in [-0.3, -0.25) is 4.79 Å². The SMILES string of the molecule is Cc1ccc(C)c(OCC(=O)NCCCc2nc3ccccc3n2CCOc2cccc3ccccc23)c1. The summed E-state index contributed by atoms with van der Waals surface area (Å²) >= 11 is 0.